The molecular weight excluding hydrogens is 306 g/mol. The summed E-state index contributed by atoms with van der Waals surface area (Å²) in [6, 6.07) is -1.45. The van der Waals surface area contributed by atoms with Gasteiger partial charge in [0.2, 0.25) is 0 Å². The molecule has 0 saturated heterocycles. The van der Waals surface area contributed by atoms with E-state index in [1.54, 1.807) is 0 Å². The molecule has 0 fully saturated rings. The van der Waals surface area contributed by atoms with Crippen molar-refractivity contribution in [2.75, 3.05) is 6.61 Å². The molecule has 6 nitrogen and oxygen atoms in total. The van der Waals surface area contributed by atoms with Gasteiger partial charge < -0.3 is 15.5 Å². The van der Waals surface area contributed by atoms with E-state index in [2.05, 4.69) is 4.98 Å². The molecule has 1 heterocycles. The summed E-state index contributed by atoms with van der Waals surface area (Å²) >= 11 is 17.1. The molecule has 1 atom stereocenters. The van der Waals surface area contributed by atoms with Gasteiger partial charge in [0.05, 0.1) is 21.7 Å². The fraction of sp³-hybridized carbons (Fsp3) is 0.222. The first-order valence-electron chi connectivity index (χ1n) is 4.52. The fourth-order valence-electron chi connectivity index (χ4n) is 1.01. The van der Waals surface area contributed by atoms with Crippen molar-refractivity contribution in [3.05, 3.63) is 27.0 Å². The fourth-order valence-corrected chi connectivity index (χ4v) is 1.58. The number of aromatic nitrogens is 1. The van der Waals surface area contributed by atoms with Crippen molar-refractivity contribution >= 4 is 46.7 Å². The number of hydrogen-bond acceptors (Lipinski definition) is 4. The normalized spacial score (nSPS) is 12.0. The van der Waals surface area contributed by atoms with Gasteiger partial charge in [-0.3, -0.25) is 4.79 Å². The van der Waals surface area contributed by atoms with E-state index < -0.39 is 24.5 Å². The number of halogens is 3. The van der Waals surface area contributed by atoms with Gasteiger partial charge in [-0.1, -0.05) is 34.8 Å². The molecule has 0 spiro atoms. The molecule has 18 heavy (non-hydrogen) atoms. The number of aliphatic hydroxyl groups is 1. The third kappa shape index (κ3) is 3.23. The number of rotatable bonds is 4. The molecule has 0 radical (unpaired) electrons. The van der Waals surface area contributed by atoms with Crippen molar-refractivity contribution < 1.29 is 19.8 Å². The highest BCUT2D eigenvalue weighted by molar-refractivity contribution is 6.48. The van der Waals surface area contributed by atoms with Crippen LogP contribution in [-0.2, 0) is 4.79 Å². The molecule has 0 aliphatic heterocycles. The van der Waals surface area contributed by atoms with E-state index in [9.17, 15) is 9.59 Å². The summed E-state index contributed by atoms with van der Waals surface area (Å²) in [5.74, 6) is -2.26. The second-order valence-corrected chi connectivity index (χ2v) is 4.29. The number of aliphatic carboxylic acids is 1. The number of carbonyl (C=O) groups is 2. The zero-order valence-electron chi connectivity index (χ0n) is 8.65. The number of amides is 1. The van der Waals surface area contributed by atoms with Crippen LogP contribution in [-0.4, -0.2) is 39.7 Å². The second kappa shape index (κ2) is 6.19. The van der Waals surface area contributed by atoms with E-state index in [1.165, 1.54) is 0 Å². The number of carboxylic acid groups (broad SMARTS) is 1. The van der Waals surface area contributed by atoms with E-state index >= 15 is 0 Å². The summed E-state index contributed by atoms with van der Waals surface area (Å²) in [6.45, 7) is -0.764. The van der Waals surface area contributed by atoms with Crippen LogP contribution >= 0.6 is 34.8 Å². The van der Waals surface area contributed by atoms with E-state index in [-0.39, 0.29) is 20.8 Å². The van der Waals surface area contributed by atoms with Crippen LogP contribution in [0.5, 0.6) is 0 Å². The van der Waals surface area contributed by atoms with Gasteiger partial charge in [0.1, 0.15) is 5.69 Å². The Bertz CT molecular complexity index is 495. The molecule has 3 N–H and O–H groups in total. The number of carboxylic acids is 1. The summed E-state index contributed by atoms with van der Waals surface area (Å²) in [5, 5.41) is 19.3. The summed E-state index contributed by atoms with van der Waals surface area (Å²) in [5.41, 5.74) is -0.272. The quantitative estimate of drug-likeness (QED) is 0.776. The lowest BCUT2D eigenvalue weighted by atomic mass is 10.2. The molecule has 0 aliphatic rings. The van der Waals surface area contributed by atoms with Crippen molar-refractivity contribution in [3.8, 4) is 0 Å². The van der Waals surface area contributed by atoms with E-state index in [0.717, 1.165) is 6.20 Å². The number of hydrogen-bond donors (Lipinski definition) is 3. The molecule has 0 bridgehead atoms. The first kappa shape index (κ1) is 15.0. The lowest BCUT2D eigenvalue weighted by Gasteiger charge is -2.12. The maximum atomic E-state index is 11.7. The summed E-state index contributed by atoms with van der Waals surface area (Å²) < 4.78 is 0. The Morgan fingerprint density at radius 2 is 1.94 bits per heavy atom. The minimum atomic E-state index is -1.45. The van der Waals surface area contributed by atoms with Crippen LogP contribution in [0.2, 0.25) is 15.1 Å². The van der Waals surface area contributed by atoms with Gasteiger partial charge in [0.25, 0.3) is 5.91 Å². The Labute approximate surface area is 116 Å². The first-order chi connectivity index (χ1) is 8.38. The van der Waals surface area contributed by atoms with Gasteiger partial charge in [0, 0.05) is 6.20 Å². The largest absolute Gasteiger partial charge is 0.480 e. The first-order valence-corrected chi connectivity index (χ1v) is 5.66. The van der Waals surface area contributed by atoms with E-state index in [1.807, 2.05) is 5.32 Å². The van der Waals surface area contributed by atoms with E-state index in [4.69, 9.17) is 45.0 Å². The van der Waals surface area contributed by atoms with E-state index in [0.29, 0.717) is 0 Å². The third-order valence-corrected chi connectivity index (χ3v) is 3.16. The molecule has 0 aromatic carbocycles. The topological polar surface area (TPSA) is 99.5 Å². The predicted octanol–water partition coefficient (Wildman–Crippen LogP) is 1.22. The van der Waals surface area contributed by atoms with Gasteiger partial charge in [-0.15, -0.1) is 0 Å². The maximum Gasteiger partial charge on any atom is 0.328 e. The number of aliphatic hydroxyl groups excluding tert-OH is 1. The molecule has 1 amide bonds. The molecule has 0 unspecified atom stereocenters. The molecule has 1 aromatic heterocycles. The number of carbonyl (C=O) groups excluding carboxylic acids is 1. The van der Waals surface area contributed by atoms with Gasteiger partial charge in [-0.25, -0.2) is 9.78 Å². The molecule has 0 saturated carbocycles. The third-order valence-electron chi connectivity index (χ3n) is 1.92. The molecule has 0 aliphatic carbocycles. The number of pyridine rings is 1. The van der Waals surface area contributed by atoms with Crippen molar-refractivity contribution in [1.29, 1.82) is 0 Å². The summed E-state index contributed by atoms with van der Waals surface area (Å²) in [6.07, 6.45) is 1.11. The van der Waals surface area contributed by atoms with Crippen LogP contribution in [0.4, 0.5) is 0 Å². The van der Waals surface area contributed by atoms with Gasteiger partial charge in [-0.2, -0.15) is 0 Å². The highest BCUT2D eigenvalue weighted by Crippen LogP contribution is 2.30. The average Bonchev–Trinajstić information content (AvgIpc) is 2.32. The molecular formula is C9H7Cl3N2O4. The number of nitrogens with zero attached hydrogens (tertiary/aromatic N) is 1. The Morgan fingerprint density at radius 3 is 2.44 bits per heavy atom. The summed E-state index contributed by atoms with van der Waals surface area (Å²) in [4.78, 5) is 25.9. The standard InChI is InChI=1S/C9H7Cl3N2O4/c10-3-1-13-7(6(12)5(3)11)8(16)14-4(2-15)9(17)18/h1,4,15H,2H2,(H,14,16)(H,17,18)/t4-/m0/s1. The van der Waals surface area contributed by atoms with Crippen molar-refractivity contribution in [1.82, 2.24) is 10.3 Å². The Morgan fingerprint density at radius 1 is 1.33 bits per heavy atom. The van der Waals surface area contributed by atoms with Crippen molar-refractivity contribution in [2.24, 2.45) is 0 Å². The molecule has 1 aromatic rings. The minimum absolute atomic E-state index is 0.0608. The van der Waals surface area contributed by atoms with Crippen LogP contribution in [0.3, 0.4) is 0 Å². The predicted molar refractivity (Wildman–Crippen MR) is 65.2 cm³/mol. The lowest BCUT2D eigenvalue weighted by molar-refractivity contribution is -0.140. The Hall–Kier alpha value is -1.08. The van der Waals surface area contributed by atoms with Gasteiger partial charge >= 0.3 is 5.97 Å². The molecule has 1 rings (SSSR count). The molecule has 9 heteroatoms. The molecule has 98 valence electrons. The van der Waals surface area contributed by atoms with Gasteiger partial charge in [0.15, 0.2) is 6.04 Å². The van der Waals surface area contributed by atoms with Crippen molar-refractivity contribution in [2.45, 2.75) is 6.04 Å². The van der Waals surface area contributed by atoms with Crippen LogP contribution in [0.25, 0.3) is 0 Å². The van der Waals surface area contributed by atoms with Crippen LogP contribution < -0.4 is 5.32 Å². The lowest BCUT2D eigenvalue weighted by Crippen LogP contribution is -2.43. The highest BCUT2D eigenvalue weighted by atomic mass is 35.5. The van der Waals surface area contributed by atoms with Crippen molar-refractivity contribution in [3.63, 3.8) is 0 Å². The smallest absolute Gasteiger partial charge is 0.328 e. The van der Waals surface area contributed by atoms with Crippen LogP contribution in [0.1, 0.15) is 10.5 Å². The minimum Gasteiger partial charge on any atom is -0.480 e. The number of nitrogens with one attached hydrogen (secondary N) is 1. The monoisotopic (exact) mass is 312 g/mol. The SMILES string of the molecule is O=C(N[C@@H](CO)C(=O)O)c1ncc(Cl)c(Cl)c1Cl. The van der Waals surface area contributed by atoms with Crippen LogP contribution in [0.15, 0.2) is 6.20 Å². The maximum absolute atomic E-state index is 11.7. The zero-order chi connectivity index (χ0) is 13.9. The highest BCUT2D eigenvalue weighted by Gasteiger charge is 2.23. The Kier molecular flexibility index (Phi) is 5.15. The van der Waals surface area contributed by atoms with Gasteiger partial charge in [-0.05, 0) is 0 Å². The Balaban J connectivity index is 2.98. The summed E-state index contributed by atoms with van der Waals surface area (Å²) in [7, 11) is 0. The van der Waals surface area contributed by atoms with Crippen LogP contribution in [0, 0.1) is 0 Å². The second-order valence-electron chi connectivity index (χ2n) is 3.13. The zero-order valence-corrected chi connectivity index (χ0v) is 10.9. The average molecular weight is 314 g/mol.